The molecule has 0 radical (unpaired) electrons. The molecule has 0 spiro atoms. The predicted octanol–water partition coefficient (Wildman–Crippen LogP) is 2.16. The van der Waals surface area contributed by atoms with Crippen LogP contribution in [-0.2, 0) is 19.0 Å². The molecule has 8 unspecified atom stereocenters. The van der Waals surface area contributed by atoms with Crippen molar-refractivity contribution in [2.45, 2.75) is 63.9 Å². The summed E-state index contributed by atoms with van der Waals surface area (Å²) in [5.74, 6) is 1.56. The summed E-state index contributed by atoms with van der Waals surface area (Å²) < 4.78 is 16.8. The SMILES string of the molecule is CC1CC(C(=O)OCC2CCC3OC3C2C)CC2OC12. The second-order valence-corrected chi connectivity index (χ2v) is 7.25. The second-order valence-electron chi connectivity index (χ2n) is 7.25. The average molecular weight is 280 g/mol. The van der Waals surface area contributed by atoms with Gasteiger partial charge in [0.05, 0.1) is 36.9 Å². The summed E-state index contributed by atoms with van der Waals surface area (Å²) in [6.45, 7) is 4.98. The summed E-state index contributed by atoms with van der Waals surface area (Å²) >= 11 is 0. The van der Waals surface area contributed by atoms with Crippen molar-refractivity contribution in [3.63, 3.8) is 0 Å². The van der Waals surface area contributed by atoms with Crippen LogP contribution in [0.5, 0.6) is 0 Å². The number of hydrogen-bond donors (Lipinski definition) is 0. The lowest BCUT2D eigenvalue weighted by Gasteiger charge is -2.27. The Morgan fingerprint density at radius 2 is 1.90 bits per heavy atom. The maximum Gasteiger partial charge on any atom is 0.309 e. The highest BCUT2D eigenvalue weighted by Crippen LogP contribution is 2.45. The Kier molecular flexibility index (Phi) is 3.08. The molecule has 112 valence electrons. The van der Waals surface area contributed by atoms with E-state index >= 15 is 0 Å². The van der Waals surface area contributed by atoms with Gasteiger partial charge in [-0.2, -0.15) is 0 Å². The van der Waals surface area contributed by atoms with Crippen molar-refractivity contribution in [1.29, 1.82) is 0 Å². The van der Waals surface area contributed by atoms with E-state index in [1.165, 1.54) is 0 Å². The fraction of sp³-hybridized carbons (Fsp3) is 0.938. The number of ether oxygens (including phenoxy) is 3. The van der Waals surface area contributed by atoms with Gasteiger partial charge in [0.25, 0.3) is 0 Å². The van der Waals surface area contributed by atoms with E-state index < -0.39 is 0 Å². The first-order valence-corrected chi connectivity index (χ1v) is 8.11. The standard InChI is InChI=1S/C16H24O4/c1-8-5-11(6-13-14(8)20-13)16(17)18-7-10-3-4-12-15(19-12)9(10)2/h8-15H,3-7H2,1-2H3. The molecule has 4 fully saturated rings. The van der Waals surface area contributed by atoms with Crippen LogP contribution >= 0.6 is 0 Å². The fourth-order valence-electron chi connectivity index (χ4n) is 4.30. The van der Waals surface area contributed by atoms with Crippen molar-refractivity contribution >= 4 is 5.97 Å². The minimum absolute atomic E-state index is 0.00293. The number of esters is 1. The molecule has 20 heavy (non-hydrogen) atoms. The van der Waals surface area contributed by atoms with Crippen LogP contribution in [0.4, 0.5) is 0 Å². The molecule has 2 saturated heterocycles. The monoisotopic (exact) mass is 280 g/mol. The Hall–Kier alpha value is -0.610. The highest BCUT2D eigenvalue weighted by molar-refractivity contribution is 5.72. The average Bonchev–Trinajstić information content (AvgIpc) is 3.30. The molecule has 0 bridgehead atoms. The van der Waals surface area contributed by atoms with E-state index in [-0.39, 0.29) is 11.9 Å². The largest absolute Gasteiger partial charge is 0.465 e. The summed E-state index contributed by atoms with van der Waals surface area (Å²) in [7, 11) is 0. The molecule has 2 aliphatic heterocycles. The summed E-state index contributed by atoms with van der Waals surface area (Å²) in [6.07, 6.45) is 5.73. The topological polar surface area (TPSA) is 51.4 Å². The highest BCUT2D eigenvalue weighted by atomic mass is 16.6. The van der Waals surface area contributed by atoms with Gasteiger partial charge in [-0.25, -0.2) is 0 Å². The van der Waals surface area contributed by atoms with Crippen molar-refractivity contribution in [2.75, 3.05) is 6.61 Å². The molecule has 0 aromatic heterocycles. The Labute approximate surface area is 120 Å². The molecule has 4 aliphatic rings. The van der Waals surface area contributed by atoms with Crippen LogP contribution in [0.1, 0.15) is 39.5 Å². The van der Waals surface area contributed by atoms with Crippen molar-refractivity contribution in [3.8, 4) is 0 Å². The van der Waals surface area contributed by atoms with Crippen LogP contribution in [0.15, 0.2) is 0 Å². The molecular formula is C16H24O4. The van der Waals surface area contributed by atoms with Crippen molar-refractivity contribution in [2.24, 2.45) is 23.7 Å². The van der Waals surface area contributed by atoms with Gasteiger partial charge in [-0.15, -0.1) is 0 Å². The summed E-state index contributed by atoms with van der Waals surface area (Å²) in [5, 5.41) is 0. The molecule has 2 heterocycles. The van der Waals surface area contributed by atoms with E-state index in [0.717, 1.165) is 25.7 Å². The Bertz CT molecular complexity index is 409. The van der Waals surface area contributed by atoms with E-state index in [0.29, 0.717) is 48.8 Å². The van der Waals surface area contributed by atoms with Gasteiger partial charge < -0.3 is 14.2 Å². The van der Waals surface area contributed by atoms with Gasteiger partial charge in [0.15, 0.2) is 0 Å². The molecule has 0 N–H and O–H groups in total. The van der Waals surface area contributed by atoms with Crippen LogP contribution in [0.25, 0.3) is 0 Å². The second kappa shape index (κ2) is 4.70. The zero-order valence-corrected chi connectivity index (χ0v) is 12.3. The van der Waals surface area contributed by atoms with Gasteiger partial charge in [0.1, 0.15) is 0 Å². The highest BCUT2D eigenvalue weighted by Gasteiger charge is 2.51. The number of epoxide rings is 2. The lowest BCUT2D eigenvalue weighted by Crippen LogP contribution is -2.32. The molecule has 0 amide bonds. The zero-order valence-electron chi connectivity index (χ0n) is 12.3. The molecule has 0 aromatic carbocycles. The summed E-state index contributed by atoms with van der Waals surface area (Å²) in [5.41, 5.74) is 0. The van der Waals surface area contributed by atoms with Gasteiger partial charge in [-0.05, 0) is 43.4 Å². The van der Waals surface area contributed by atoms with Crippen molar-refractivity contribution < 1.29 is 19.0 Å². The van der Waals surface area contributed by atoms with Gasteiger partial charge in [-0.1, -0.05) is 13.8 Å². The molecule has 2 aliphatic carbocycles. The first-order valence-electron chi connectivity index (χ1n) is 8.11. The maximum atomic E-state index is 12.2. The Morgan fingerprint density at radius 1 is 1.10 bits per heavy atom. The molecule has 0 aromatic rings. The zero-order chi connectivity index (χ0) is 13.9. The van der Waals surface area contributed by atoms with Gasteiger partial charge >= 0.3 is 5.97 Å². The molecule has 4 rings (SSSR count). The predicted molar refractivity (Wildman–Crippen MR) is 72.1 cm³/mol. The number of carbonyl (C=O) groups excluding carboxylic acids is 1. The molecule has 4 nitrogen and oxygen atoms in total. The van der Waals surface area contributed by atoms with E-state index in [1.54, 1.807) is 0 Å². The van der Waals surface area contributed by atoms with Gasteiger partial charge in [-0.3, -0.25) is 4.79 Å². The van der Waals surface area contributed by atoms with Crippen LogP contribution < -0.4 is 0 Å². The van der Waals surface area contributed by atoms with Crippen LogP contribution in [-0.4, -0.2) is 37.0 Å². The number of hydrogen-bond acceptors (Lipinski definition) is 4. The molecule has 4 heteroatoms. The van der Waals surface area contributed by atoms with E-state index in [2.05, 4.69) is 13.8 Å². The van der Waals surface area contributed by atoms with Crippen molar-refractivity contribution in [3.05, 3.63) is 0 Å². The lowest BCUT2D eigenvalue weighted by molar-refractivity contribution is -0.152. The maximum absolute atomic E-state index is 12.2. The van der Waals surface area contributed by atoms with Crippen molar-refractivity contribution in [1.82, 2.24) is 0 Å². The molecular weight excluding hydrogens is 256 g/mol. The smallest absolute Gasteiger partial charge is 0.309 e. The number of fused-ring (bicyclic) bond motifs is 2. The molecule has 8 atom stereocenters. The molecule has 2 saturated carbocycles. The normalized spacial score (nSPS) is 52.7. The third kappa shape index (κ3) is 2.27. The Balaban J connectivity index is 1.27. The van der Waals surface area contributed by atoms with Crippen LogP contribution in [0, 0.1) is 23.7 Å². The van der Waals surface area contributed by atoms with Crippen LogP contribution in [0.3, 0.4) is 0 Å². The van der Waals surface area contributed by atoms with Crippen LogP contribution in [0.2, 0.25) is 0 Å². The lowest BCUT2D eigenvalue weighted by atomic mass is 9.80. The van der Waals surface area contributed by atoms with Gasteiger partial charge in [0.2, 0.25) is 0 Å². The quantitative estimate of drug-likeness (QED) is 0.587. The third-order valence-electron chi connectivity index (χ3n) is 5.83. The summed E-state index contributed by atoms with van der Waals surface area (Å²) in [4.78, 5) is 12.2. The minimum Gasteiger partial charge on any atom is -0.465 e. The Morgan fingerprint density at radius 3 is 2.70 bits per heavy atom. The van der Waals surface area contributed by atoms with E-state index in [9.17, 15) is 4.79 Å². The van der Waals surface area contributed by atoms with E-state index in [1.807, 2.05) is 0 Å². The fourth-order valence-corrected chi connectivity index (χ4v) is 4.30. The number of carbonyl (C=O) groups is 1. The first-order chi connectivity index (χ1) is 9.63. The van der Waals surface area contributed by atoms with Gasteiger partial charge in [0, 0.05) is 0 Å². The summed E-state index contributed by atoms with van der Waals surface area (Å²) in [6, 6.07) is 0. The van der Waals surface area contributed by atoms with E-state index in [4.69, 9.17) is 14.2 Å². The first kappa shape index (κ1) is 13.1. The number of rotatable bonds is 3. The third-order valence-corrected chi connectivity index (χ3v) is 5.83. The minimum atomic E-state index is -0.00293.